The van der Waals surface area contributed by atoms with Gasteiger partial charge in [0.05, 0.1) is 0 Å². The van der Waals surface area contributed by atoms with Gasteiger partial charge in [-0.25, -0.2) is 0 Å². The monoisotopic (exact) mass is 167 g/mol. The average Bonchev–Trinajstić information content (AvgIpc) is 1.98. The highest BCUT2D eigenvalue weighted by atomic mass is 16.1. The summed E-state index contributed by atoms with van der Waals surface area (Å²) in [4.78, 5) is 11.2. The summed E-state index contributed by atoms with van der Waals surface area (Å²) in [6.07, 6.45) is 7.23. The lowest BCUT2D eigenvalue weighted by molar-refractivity contribution is -0.122. The molecule has 0 spiro atoms. The molecular weight excluding hydrogens is 150 g/mol. The Bertz CT molecular complexity index is 161. The molecule has 0 aromatic heterocycles. The largest absolute Gasteiger partial charge is 0.356 e. The molecule has 1 amide bonds. The second-order valence-corrected chi connectivity index (χ2v) is 3.43. The molecular formula is C10H17NO. The Kier molecular flexibility index (Phi) is 3.85. The van der Waals surface area contributed by atoms with E-state index >= 15 is 0 Å². The van der Waals surface area contributed by atoms with E-state index in [0.29, 0.717) is 5.92 Å². The smallest absolute Gasteiger partial charge is 0.220 e. The van der Waals surface area contributed by atoms with E-state index in [1.165, 1.54) is 19.3 Å². The van der Waals surface area contributed by atoms with E-state index in [1.54, 1.807) is 0 Å². The van der Waals surface area contributed by atoms with Crippen molar-refractivity contribution in [2.45, 2.75) is 32.1 Å². The second-order valence-electron chi connectivity index (χ2n) is 3.43. The summed E-state index contributed by atoms with van der Waals surface area (Å²) in [5.41, 5.74) is 0. The molecule has 0 heterocycles. The Balaban J connectivity index is 1.99. The van der Waals surface area contributed by atoms with Crippen molar-refractivity contribution in [1.82, 2.24) is 5.32 Å². The minimum atomic E-state index is 0.210. The molecule has 2 heteroatoms. The molecule has 1 aliphatic rings. The first-order chi connectivity index (χ1) is 5.83. The van der Waals surface area contributed by atoms with Crippen molar-refractivity contribution in [3.63, 3.8) is 0 Å². The first kappa shape index (κ1) is 9.30. The van der Waals surface area contributed by atoms with E-state index in [-0.39, 0.29) is 5.91 Å². The van der Waals surface area contributed by atoms with Gasteiger partial charge in [0.1, 0.15) is 0 Å². The standard InChI is InChI=1S/C10H17NO/c1-2-3-7-11-10(12)8-9-5-4-6-9/h2,9H,1,3-8H2,(H,11,12). The molecule has 1 fully saturated rings. The predicted molar refractivity (Wildman–Crippen MR) is 49.8 cm³/mol. The molecule has 0 bridgehead atoms. The van der Waals surface area contributed by atoms with Gasteiger partial charge in [0.25, 0.3) is 0 Å². The Morgan fingerprint density at radius 1 is 1.58 bits per heavy atom. The van der Waals surface area contributed by atoms with Gasteiger partial charge >= 0.3 is 0 Å². The number of carbonyl (C=O) groups is 1. The van der Waals surface area contributed by atoms with Gasteiger partial charge in [-0.15, -0.1) is 6.58 Å². The molecule has 68 valence electrons. The summed E-state index contributed by atoms with van der Waals surface area (Å²) >= 11 is 0. The van der Waals surface area contributed by atoms with Gasteiger partial charge in [-0.2, -0.15) is 0 Å². The van der Waals surface area contributed by atoms with Crippen LogP contribution < -0.4 is 5.32 Å². The maximum atomic E-state index is 11.2. The fourth-order valence-corrected chi connectivity index (χ4v) is 1.34. The van der Waals surface area contributed by atoms with Crippen molar-refractivity contribution in [3.05, 3.63) is 12.7 Å². The molecule has 12 heavy (non-hydrogen) atoms. The number of carbonyl (C=O) groups excluding carboxylic acids is 1. The Hall–Kier alpha value is -0.790. The van der Waals surface area contributed by atoms with Crippen LogP contribution in [0.15, 0.2) is 12.7 Å². The summed E-state index contributed by atoms with van der Waals surface area (Å²) in [5.74, 6) is 0.885. The van der Waals surface area contributed by atoms with E-state index in [9.17, 15) is 4.79 Å². The quantitative estimate of drug-likeness (QED) is 0.491. The molecule has 0 unspecified atom stereocenters. The zero-order valence-electron chi connectivity index (χ0n) is 7.51. The highest BCUT2D eigenvalue weighted by molar-refractivity contribution is 5.76. The lowest BCUT2D eigenvalue weighted by atomic mass is 9.83. The maximum absolute atomic E-state index is 11.2. The molecule has 1 saturated carbocycles. The first-order valence-corrected chi connectivity index (χ1v) is 4.70. The molecule has 1 rings (SSSR count). The topological polar surface area (TPSA) is 29.1 Å². The molecule has 0 aliphatic heterocycles. The van der Waals surface area contributed by atoms with Crippen LogP contribution in [0, 0.1) is 5.92 Å². The summed E-state index contributed by atoms with van der Waals surface area (Å²) in [7, 11) is 0. The second kappa shape index (κ2) is 4.96. The van der Waals surface area contributed by atoms with E-state index in [1.807, 2.05) is 6.08 Å². The highest BCUT2D eigenvalue weighted by Gasteiger charge is 2.19. The summed E-state index contributed by atoms with van der Waals surface area (Å²) in [6, 6.07) is 0. The van der Waals surface area contributed by atoms with Crippen molar-refractivity contribution >= 4 is 5.91 Å². The predicted octanol–water partition coefficient (Wildman–Crippen LogP) is 1.87. The average molecular weight is 167 g/mol. The van der Waals surface area contributed by atoms with Crippen molar-refractivity contribution < 1.29 is 4.79 Å². The van der Waals surface area contributed by atoms with Crippen molar-refractivity contribution in [2.24, 2.45) is 5.92 Å². The molecule has 0 atom stereocenters. The van der Waals surface area contributed by atoms with E-state index < -0.39 is 0 Å². The molecule has 0 aromatic carbocycles. The fraction of sp³-hybridized carbons (Fsp3) is 0.700. The lowest BCUT2D eigenvalue weighted by Gasteiger charge is -2.24. The Labute approximate surface area is 74.0 Å². The summed E-state index contributed by atoms with van der Waals surface area (Å²) < 4.78 is 0. The van der Waals surface area contributed by atoms with E-state index in [4.69, 9.17) is 0 Å². The van der Waals surface area contributed by atoms with Gasteiger partial charge in [-0.05, 0) is 25.2 Å². The van der Waals surface area contributed by atoms with Gasteiger partial charge in [-0.3, -0.25) is 4.79 Å². The first-order valence-electron chi connectivity index (χ1n) is 4.70. The fourth-order valence-electron chi connectivity index (χ4n) is 1.34. The van der Waals surface area contributed by atoms with Crippen LogP contribution in [0.3, 0.4) is 0 Å². The molecule has 0 radical (unpaired) electrons. The minimum absolute atomic E-state index is 0.210. The Morgan fingerprint density at radius 2 is 2.33 bits per heavy atom. The Morgan fingerprint density at radius 3 is 2.83 bits per heavy atom. The van der Waals surface area contributed by atoms with E-state index in [0.717, 1.165) is 19.4 Å². The van der Waals surface area contributed by atoms with Gasteiger partial charge in [-0.1, -0.05) is 12.5 Å². The third-order valence-electron chi connectivity index (χ3n) is 2.37. The number of amides is 1. The maximum Gasteiger partial charge on any atom is 0.220 e. The summed E-state index contributed by atoms with van der Waals surface area (Å²) in [6.45, 7) is 4.34. The van der Waals surface area contributed by atoms with Crippen LogP contribution in [0.25, 0.3) is 0 Å². The van der Waals surface area contributed by atoms with E-state index in [2.05, 4.69) is 11.9 Å². The number of hydrogen-bond donors (Lipinski definition) is 1. The third-order valence-corrected chi connectivity index (χ3v) is 2.37. The van der Waals surface area contributed by atoms with Crippen LogP contribution >= 0.6 is 0 Å². The normalized spacial score (nSPS) is 16.7. The highest BCUT2D eigenvalue weighted by Crippen LogP contribution is 2.28. The van der Waals surface area contributed by atoms with Crippen molar-refractivity contribution in [1.29, 1.82) is 0 Å². The third kappa shape index (κ3) is 3.07. The van der Waals surface area contributed by atoms with Gasteiger partial charge in [0.15, 0.2) is 0 Å². The molecule has 0 saturated heterocycles. The zero-order valence-corrected chi connectivity index (χ0v) is 7.51. The number of hydrogen-bond acceptors (Lipinski definition) is 1. The number of rotatable bonds is 5. The molecule has 0 aromatic rings. The van der Waals surface area contributed by atoms with Crippen molar-refractivity contribution in [3.8, 4) is 0 Å². The van der Waals surface area contributed by atoms with Gasteiger partial charge in [0, 0.05) is 13.0 Å². The summed E-state index contributed by atoms with van der Waals surface area (Å²) in [5, 5.41) is 2.87. The molecule has 1 N–H and O–H groups in total. The SMILES string of the molecule is C=CCCNC(=O)CC1CCC1. The molecule has 1 aliphatic carbocycles. The number of nitrogens with one attached hydrogen (secondary N) is 1. The van der Waals surface area contributed by atoms with Crippen LogP contribution in [0.1, 0.15) is 32.1 Å². The van der Waals surface area contributed by atoms with Crippen LogP contribution in [0.5, 0.6) is 0 Å². The van der Waals surface area contributed by atoms with Crippen LogP contribution in [-0.2, 0) is 4.79 Å². The van der Waals surface area contributed by atoms with Crippen LogP contribution in [0.4, 0.5) is 0 Å². The van der Waals surface area contributed by atoms with Crippen LogP contribution in [0.2, 0.25) is 0 Å². The van der Waals surface area contributed by atoms with Crippen LogP contribution in [-0.4, -0.2) is 12.5 Å². The van der Waals surface area contributed by atoms with Crippen molar-refractivity contribution in [2.75, 3.05) is 6.54 Å². The lowest BCUT2D eigenvalue weighted by Crippen LogP contribution is -2.28. The zero-order chi connectivity index (χ0) is 8.81. The van der Waals surface area contributed by atoms with Gasteiger partial charge < -0.3 is 5.32 Å². The minimum Gasteiger partial charge on any atom is -0.356 e. The van der Waals surface area contributed by atoms with Gasteiger partial charge in [0.2, 0.25) is 5.91 Å². The molecule has 2 nitrogen and oxygen atoms in total.